The van der Waals surface area contributed by atoms with Crippen LogP contribution >= 0.6 is 0 Å². The average molecular weight is 353 g/mol. The van der Waals surface area contributed by atoms with Crippen molar-refractivity contribution in [3.05, 3.63) is 35.4 Å². The highest BCUT2D eigenvalue weighted by molar-refractivity contribution is 7.89. The quantitative estimate of drug-likeness (QED) is 0.755. The predicted octanol–water partition coefficient (Wildman–Crippen LogP) is 2.07. The molecule has 6 heteroatoms. The number of benzene rings is 1. The van der Waals surface area contributed by atoms with Crippen LogP contribution in [0.2, 0.25) is 0 Å². The van der Waals surface area contributed by atoms with Crippen molar-refractivity contribution in [1.29, 1.82) is 0 Å². The number of nitrogens with zero attached hydrogens (tertiary/aromatic N) is 2. The zero-order valence-electron chi connectivity index (χ0n) is 14.7. The number of sulfonamides is 1. The molecule has 1 fully saturated rings. The van der Waals surface area contributed by atoms with Gasteiger partial charge in [-0.3, -0.25) is 4.79 Å². The van der Waals surface area contributed by atoms with Gasteiger partial charge in [-0.05, 0) is 30.4 Å². The summed E-state index contributed by atoms with van der Waals surface area (Å²) in [6.07, 6.45) is 2.85. The maximum Gasteiger partial charge on any atom is 0.222 e. The van der Waals surface area contributed by atoms with E-state index in [0.29, 0.717) is 39.0 Å². The van der Waals surface area contributed by atoms with Crippen LogP contribution in [0.25, 0.3) is 0 Å². The van der Waals surface area contributed by atoms with E-state index >= 15 is 0 Å². The summed E-state index contributed by atoms with van der Waals surface area (Å²) in [6.45, 7) is 5.81. The third-order valence-corrected chi connectivity index (χ3v) is 6.58. The van der Waals surface area contributed by atoms with Gasteiger partial charge >= 0.3 is 0 Å². The third-order valence-electron chi connectivity index (χ3n) is 4.51. The summed E-state index contributed by atoms with van der Waals surface area (Å²) in [7, 11) is -3.15. The second kappa shape index (κ2) is 8.62. The Kier molecular flexibility index (Phi) is 6.80. The minimum atomic E-state index is -3.15. The number of piperazine rings is 1. The fourth-order valence-electron chi connectivity index (χ4n) is 2.95. The van der Waals surface area contributed by atoms with Gasteiger partial charge < -0.3 is 4.90 Å². The summed E-state index contributed by atoms with van der Waals surface area (Å²) < 4.78 is 25.6. The highest BCUT2D eigenvalue weighted by Crippen LogP contribution is 2.12. The van der Waals surface area contributed by atoms with Gasteiger partial charge in [0.05, 0.1) is 5.75 Å². The zero-order chi connectivity index (χ0) is 17.6. The van der Waals surface area contributed by atoms with Crippen molar-refractivity contribution in [3.8, 4) is 0 Å². The maximum absolute atomic E-state index is 12.3. The van der Waals surface area contributed by atoms with Crippen molar-refractivity contribution in [2.24, 2.45) is 0 Å². The molecular formula is C18H28N2O3S. The Balaban J connectivity index is 1.80. The molecule has 5 nitrogen and oxygen atoms in total. The first-order valence-corrected chi connectivity index (χ1v) is 10.4. The predicted molar refractivity (Wildman–Crippen MR) is 96.4 cm³/mol. The van der Waals surface area contributed by atoms with Crippen molar-refractivity contribution in [2.45, 2.75) is 39.5 Å². The van der Waals surface area contributed by atoms with E-state index in [9.17, 15) is 13.2 Å². The lowest BCUT2D eigenvalue weighted by Crippen LogP contribution is -2.51. The Morgan fingerprint density at radius 2 is 1.58 bits per heavy atom. The van der Waals surface area contributed by atoms with Crippen molar-refractivity contribution in [2.75, 3.05) is 31.9 Å². The molecule has 1 saturated heterocycles. The van der Waals surface area contributed by atoms with Crippen LogP contribution in [-0.2, 0) is 27.7 Å². The van der Waals surface area contributed by atoms with Crippen LogP contribution in [0.3, 0.4) is 0 Å². The molecule has 0 aromatic heterocycles. The first kappa shape index (κ1) is 18.9. The summed E-state index contributed by atoms with van der Waals surface area (Å²) in [5.74, 6) is 0.302. The van der Waals surface area contributed by atoms with E-state index in [1.807, 2.05) is 6.92 Å². The van der Waals surface area contributed by atoms with Crippen LogP contribution in [0.1, 0.15) is 37.8 Å². The van der Waals surface area contributed by atoms with Gasteiger partial charge in [0, 0.05) is 32.6 Å². The van der Waals surface area contributed by atoms with E-state index in [4.69, 9.17) is 0 Å². The number of carbonyl (C=O) groups excluding carboxylic acids is 1. The Hall–Kier alpha value is -1.40. The Labute approximate surface area is 145 Å². The molecule has 134 valence electrons. The van der Waals surface area contributed by atoms with Crippen molar-refractivity contribution in [3.63, 3.8) is 0 Å². The molecule has 1 aromatic carbocycles. The molecule has 0 spiro atoms. The number of amides is 1. The van der Waals surface area contributed by atoms with E-state index in [2.05, 4.69) is 31.2 Å². The molecule has 0 N–H and O–H groups in total. The van der Waals surface area contributed by atoms with Crippen LogP contribution in [-0.4, -0.2) is 55.5 Å². The summed E-state index contributed by atoms with van der Waals surface area (Å²) in [4.78, 5) is 14.1. The molecule has 0 bridgehead atoms. The van der Waals surface area contributed by atoms with E-state index in [1.54, 1.807) is 4.90 Å². The number of aryl methyl sites for hydroxylation is 2. The van der Waals surface area contributed by atoms with Crippen molar-refractivity contribution < 1.29 is 13.2 Å². The lowest BCUT2D eigenvalue weighted by Gasteiger charge is -2.34. The van der Waals surface area contributed by atoms with Crippen LogP contribution in [0, 0.1) is 0 Å². The van der Waals surface area contributed by atoms with Crippen LogP contribution in [0.5, 0.6) is 0 Å². The molecule has 0 aliphatic carbocycles. The first-order valence-electron chi connectivity index (χ1n) is 8.79. The molecule has 1 aromatic rings. The fraction of sp³-hybridized carbons (Fsp3) is 0.611. The number of hydrogen-bond donors (Lipinski definition) is 0. The highest BCUT2D eigenvalue weighted by Gasteiger charge is 2.27. The van der Waals surface area contributed by atoms with Gasteiger partial charge in [0.15, 0.2) is 0 Å². The van der Waals surface area contributed by atoms with Gasteiger partial charge in [0.2, 0.25) is 15.9 Å². The zero-order valence-corrected chi connectivity index (χ0v) is 15.5. The number of carbonyl (C=O) groups is 1. The fourth-order valence-corrected chi connectivity index (χ4v) is 4.45. The molecule has 0 saturated carbocycles. The van der Waals surface area contributed by atoms with Gasteiger partial charge in [-0.25, -0.2) is 8.42 Å². The second-order valence-corrected chi connectivity index (χ2v) is 8.35. The first-order chi connectivity index (χ1) is 11.5. The second-order valence-electron chi connectivity index (χ2n) is 6.27. The molecule has 0 atom stereocenters. The summed E-state index contributed by atoms with van der Waals surface area (Å²) in [6, 6.07) is 8.39. The third kappa shape index (κ3) is 5.05. The smallest absolute Gasteiger partial charge is 0.222 e. The minimum Gasteiger partial charge on any atom is -0.340 e. The van der Waals surface area contributed by atoms with Gasteiger partial charge in [-0.1, -0.05) is 38.1 Å². The minimum absolute atomic E-state index is 0.113. The maximum atomic E-state index is 12.3. The lowest BCUT2D eigenvalue weighted by atomic mass is 10.1. The average Bonchev–Trinajstić information content (AvgIpc) is 2.60. The van der Waals surface area contributed by atoms with E-state index < -0.39 is 10.0 Å². The van der Waals surface area contributed by atoms with Crippen LogP contribution in [0.15, 0.2) is 24.3 Å². The van der Waals surface area contributed by atoms with Crippen molar-refractivity contribution in [1.82, 2.24) is 9.21 Å². The molecule has 2 rings (SSSR count). The molecule has 1 heterocycles. The van der Waals surface area contributed by atoms with Crippen LogP contribution in [0.4, 0.5) is 0 Å². The summed E-state index contributed by atoms with van der Waals surface area (Å²) in [5.41, 5.74) is 2.47. The Bertz CT molecular complexity index is 633. The summed E-state index contributed by atoms with van der Waals surface area (Å²) in [5, 5.41) is 0. The molecule has 1 aliphatic rings. The van der Waals surface area contributed by atoms with E-state index in [1.165, 1.54) is 15.4 Å². The monoisotopic (exact) mass is 352 g/mol. The molecule has 0 unspecified atom stereocenters. The van der Waals surface area contributed by atoms with Gasteiger partial charge in [0.1, 0.15) is 0 Å². The molecular weight excluding hydrogens is 324 g/mol. The normalized spacial score (nSPS) is 16.3. The van der Waals surface area contributed by atoms with E-state index in [-0.39, 0.29) is 11.7 Å². The molecule has 24 heavy (non-hydrogen) atoms. The molecule has 0 radical (unpaired) electrons. The van der Waals surface area contributed by atoms with Crippen LogP contribution < -0.4 is 0 Å². The topological polar surface area (TPSA) is 57.7 Å². The number of rotatable bonds is 7. The van der Waals surface area contributed by atoms with Gasteiger partial charge in [0.25, 0.3) is 0 Å². The SMILES string of the molecule is CCCS(=O)(=O)N1CCN(C(=O)CCc2ccc(CC)cc2)CC1. The Morgan fingerprint density at radius 3 is 2.12 bits per heavy atom. The highest BCUT2D eigenvalue weighted by atomic mass is 32.2. The molecule has 1 aliphatic heterocycles. The summed E-state index contributed by atoms with van der Waals surface area (Å²) >= 11 is 0. The van der Waals surface area contributed by atoms with Gasteiger partial charge in [-0.2, -0.15) is 4.31 Å². The largest absolute Gasteiger partial charge is 0.340 e. The Morgan fingerprint density at radius 1 is 1.00 bits per heavy atom. The number of hydrogen-bond acceptors (Lipinski definition) is 3. The lowest BCUT2D eigenvalue weighted by molar-refractivity contribution is -0.132. The molecule has 1 amide bonds. The van der Waals surface area contributed by atoms with E-state index in [0.717, 1.165) is 12.8 Å². The van der Waals surface area contributed by atoms with Crippen molar-refractivity contribution >= 4 is 15.9 Å². The standard InChI is InChI=1S/C18H28N2O3S/c1-3-15-24(22,23)20-13-11-19(12-14-20)18(21)10-9-17-7-5-16(4-2)6-8-17/h5-8H,3-4,9-15H2,1-2H3. The van der Waals surface area contributed by atoms with Gasteiger partial charge in [-0.15, -0.1) is 0 Å².